The molecule has 0 bridgehead atoms. The zero-order valence-electron chi connectivity index (χ0n) is 18.8. The number of halogens is 1. The van der Waals surface area contributed by atoms with Crippen molar-refractivity contribution in [2.45, 2.75) is 41.5 Å². The largest absolute Gasteiger partial charge is 0.512 e. The van der Waals surface area contributed by atoms with Gasteiger partial charge in [-0.2, -0.15) is 0 Å². The van der Waals surface area contributed by atoms with E-state index in [0.717, 1.165) is 5.39 Å². The molecule has 2 aromatic carbocycles. The van der Waals surface area contributed by atoms with Crippen molar-refractivity contribution in [2.75, 3.05) is 0 Å². The molecule has 0 aliphatic carbocycles. The average Bonchev–Trinajstić information content (AvgIpc) is 2.68. The van der Waals surface area contributed by atoms with Crippen LogP contribution in [0.15, 0.2) is 66.6 Å². The summed E-state index contributed by atoms with van der Waals surface area (Å²) in [5.74, 6) is -0.182. The third-order valence-electron chi connectivity index (χ3n) is 4.48. The molecule has 31 heavy (non-hydrogen) atoms. The number of carbonyl (C=O) groups excluding carboxylic acids is 1. The fraction of sp³-hybridized carbons (Fsp3) is 0.308. The Morgan fingerprint density at radius 2 is 1.61 bits per heavy atom. The van der Waals surface area contributed by atoms with Gasteiger partial charge < -0.3 is 10.1 Å². The van der Waals surface area contributed by atoms with E-state index in [1.807, 2.05) is 71.9 Å². The normalized spacial score (nSPS) is 11.9. The van der Waals surface area contributed by atoms with E-state index >= 15 is 0 Å². The second kappa shape index (κ2) is 10.8. The SMILES string of the molecule is CC(C)(C)C(=O)/C=C(\O)C(C)(C)C.Fc1c(-c2[c-]cccc2)ncc2ccccc12.[Ir]. The number of carbonyl (C=O) groups is 1. The van der Waals surface area contributed by atoms with Crippen LogP contribution < -0.4 is 0 Å². The van der Waals surface area contributed by atoms with E-state index in [9.17, 15) is 14.3 Å². The molecule has 3 nitrogen and oxygen atoms in total. The van der Waals surface area contributed by atoms with E-state index in [0.29, 0.717) is 16.6 Å². The van der Waals surface area contributed by atoms with E-state index < -0.39 is 5.41 Å². The van der Waals surface area contributed by atoms with Gasteiger partial charge in [0.2, 0.25) is 0 Å². The molecule has 1 heterocycles. The molecule has 0 saturated carbocycles. The van der Waals surface area contributed by atoms with Crippen LogP contribution >= 0.6 is 0 Å². The topological polar surface area (TPSA) is 50.2 Å². The first kappa shape index (κ1) is 26.7. The molecular formula is C26H29FIrNO2-. The molecule has 0 spiro atoms. The number of ketones is 1. The van der Waals surface area contributed by atoms with Gasteiger partial charge in [0.05, 0.1) is 0 Å². The molecule has 0 saturated heterocycles. The Morgan fingerprint density at radius 3 is 2.16 bits per heavy atom. The maximum atomic E-state index is 14.3. The Bertz CT molecular complexity index is 1050. The van der Waals surface area contributed by atoms with Gasteiger partial charge >= 0.3 is 0 Å². The second-order valence-corrected chi connectivity index (χ2v) is 9.18. The number of benzene rings is 2. The van der Waals surface area contributed by atoms with Crippen molar-refractivity contribution in [3.8, 4) is 11.3 Å². The van der Waals surface area contributed by atoms with Gasteiger partial charge in [-0.3, -0.25) is 4.79 Å². The monoisotopic (exact) mass is 599 g/mol. The Morgan fingerprint density at radius 1 is 1.00 bits per heavy atom. The third kappa shape index (κ3) is 7.37. The summed E-state index contributed by atoms with van der Waals surface area (Å²) < 4.78 is 14.3. The summed E-state index contributed by atoms with van der Waals surface area (Å²) in [5.41, 5.74) is 0.264. The second-order valence-electron chi connectivity index (χ2n) is 9.18. The number of fused-ring (bicyclic) bond motifs is 1. The van der Waals surface area contributed by atoms with Gasteiger partial charge in [0.1, 0.15) is 11.6 Å². The van der Waals surface area contributed by atoms with E-state index in [-0.39, 0.29) is 42.9 Å². The maximum Gasteiger partial charge on any atom is 0.164 e. The summed E-state index contributed by atoms with van der Waals surface area (Å²) in [6.45, 7) is 11.1. The van der Waals surface area contributed by atoms with E-state index in [1.54, 1.807) is 24.4 Å². The standard InChI is InChI=1S/C15H9FN.C11H20O2.Ir/c16-14-13-9-5-4-8-12(13)10-17-15(14)11-6-2-1-3-7-11;1-10(2,3)8(12)7-9(13)11(4,5)6;/h1-6,8-10H;7,12H,1-6H3;/q-1;;/b;8-7-;. The molecule has 1 aromatic heterocycles. The number of pyridine rings is 1. The zero-order chi connectivity index (χ0) is 22.5. The van der Waals surface area contributed by atoms with Gasteiger partial charge in [-0.25, -0.2) is 4.39 Å². The van der Waals surface area contributed by atoms with Crippen LogP contribution in [-0.4, -0.2) is 15.9 Å². The number of rotatable bonds is 2. The summed E-state index contributed by atoms with van der Waals surface area (Å²) in [5, 5.41) is 11.0. The van der Waals surface area contributed by atoms with Crippen LogP contribution in [0.2, 0.25) is 0 Å². The van der Waals surface area contributed by atoms with Crippen molar-refractivity contribution < 1.29 is 34.4 Å². The number of hydrogen-bond acceptors (Lipinski definition) is 3. The minimum Gasteiger partial charge on any atom is -0.512 e. The van der Waals surface area contributed by atoms with Crippen LogP contribution in [-0.2, 0) is 24.9 Å². The summed E-state index contributed by atoms with van der Waals surface area (Å²) in [4.78, 5) is 15.7. The van der Waals surface area contributed by atoms with Gasteiger partial charge in [0.15, 0.2) is 5.78 Å². The molecule has 0 amide bonds. The van der Waals surface area contributed by atoms with Crippen molar-refractivity contribution in [2.24, 2.45) is 10.8 Å². The molecule has 0 aliphatic heterocycles. The first-order valence-corrected chi connectivity index (χ1v) is 9.87. The van der Waals surface area contributed by atoms with Crippen molar-refractivity contribution in [3.05, 3.63) is 78.4 Å². The Labute approximate surface area is 197 Å². The van der Waals surface area contributed by atoms with Crippen LogP contribution in [0.1, 0.15) is 41.5 Å². The molecule has 1 radical (unpaired) electrons. The van der Waals surface area contributed by atoms with Gasteiger partial charge in [-0.1, -0.05) is 65.8 Å². The van der Waals surface area contributed by atoms with Crippen molar-refractivity contribution in [1.82, 2.24) is 4.98 Å². The first-order valence-electron chi connectivity index (χ1n) is 9.87. The van der Waals surface area contributed by atoms with Crippen LogP contribution in [0.3, 0.4) is 0 Å². The molecule has 0 atom stereocenters. The van der Waals surface area contributed by atoms with Gasteiger partial charge in [-0.15, -0.1) is 35.9 Å². The van der Waals surface area contributed by atoms with Crippen LogP contribution in [0, 0.1) is 22.7 Å². The fourth-order valence-electron chi connectivity index (χ4n) is 2.41. The summed E-state index contributed by atoms with van der Waals surface area (Å²) >= 11 is 0. The predicted molar refractivity (Wildman–Crippen MR) is 121 cm³/mol. The first-order chi connectivity index (χ1) is 13.9. The number of nitrogens with zero attached hydrogens (tertiary/aromatic N) is 1. The van der Waals surface area contributed by atoms with Gasteiger partial charge in [0.25, 0.3) is 0 Å². The summed E-state index contributed by atoms with van der Waals surface area (Å²) in [6.07, 6.45) is 3.02. The Hall–Kier alpha value is -2.36. The fourth-order valence-corrected chi connectivity index (χ4v) is 2.41. The summed E-state index contributed by atoms with van der Waals surface area (Å²) in [6, 6.07) is 17.6. The predicted octanol–water partition coefficient (Wildman–Crippen LogP) is 6.93. The van der Waals surface area contributed by atoms with Crippen LogP contribution in [0.5, 0.6) is 0 Å². The smallest absolute Gasteiger partial charge is 0.164 e. The van der Waals surface area contributed by atoms with Crippen molar-refractivity contribution >= 4 is 16.6 Å². The third-order valence-corrected chi connectivity index (χ3v) is 4.48. The van der Waals surface area contributed by atoms with E-state index in [4.69, 9.17) is 0 Å². The Kier molecular flexibility index (Phi) is 9.28. The number of aromatic nitrogens is 1. The molecule has 3 rings (SSSR count). The average molecular weight is 599 g/mol. The summed E-state index contributed by atoms with van der Waals surface area (Å²) in [7, 11) is 0. The Balaban J connectivity index is 0.000000314. The molecule has 3 aromatic rings. The molecule has 0 fully saturated rings. The number of aliphatic hydroxyl groups is 1. The maximum absolute atomic E-state index is 14.3. The molecule has 0 unspecified atom stereocenters. The van der Waals surface area contributed by atoms with Gasteiger partial charge in [-0.05, 0) is 0 Å². The number of aliphatic hydroxyl groups excluding tert-OH is 1. The molecule has 1 N–H and O–H groups in total. The quantitative estimate of drug-likeness (QED) is 0.198. The van der Waals surface area contributed by atoms with Crippen molar-refractivity contribution in [3.63, 3.8) is 0 Å². The number of allylic oxidation sites excluding steroid dienone is 2. The van der Waals surface area contributed by atoms with E-state index in [1.165, 1.54) is 6.08 Å². The molecule has 167 valence electrons. The van der Waals surface area contributed by atoms with Crippen molar-refractivity contribution in [1.29, 1.82) is 0 Å². The molecule has 0 aliphatic rings. The van der Waals surface area contributed by atoms with Crippen LogP contribution in [0.4, 0.5) is 4.39 Å². The molecule has 5 heteroatoms. The molecular weight excluding hydrogens is 570 g/mol. The van der Waals surface area contributed by atoms with E-state index in [2.05, 4.69) is 11.1 Å². The minimum atomic E-state index is -0.417. The zero-order valence-corrected chi connectivity index (χ0v) is 21.2. The number of hydrogen-bond donors (Lipinski definition) is 1. The minimum absolute atomic E-state index is 0. The van der Waals surface area contributed by atoms with Gasteiger partial charge in [0, 0.05) is 59.7 Å². The van der Waals surface area contributed by atoms with Crippen LogP contribution in [0.25, 0.3) is 22.0 Å².